The number of aliphatic hydroxyl groups is 1. The fourth-order valence-electron chi connectivity index (χ4n) is 2.52. The van der Waals surface area contributed by atoms with Crippen LogP contribution in [0.3, 0.4) is 0 Å². The number of likely N-dealkylation sites (N-methyl/N-ethyl adjacent to an activating group) is 1. The van der Waals surface area contributed by atoms with Crippen LogP contribution in [0.1, 0.15) is 13.8 Å². The first-order valence-electron chi connectivity index (χ1n) is 8.04. The molecule has 5 nitrogen and oxygen atoms in total. The summed E-state index contributed by atoms with van der Waals surface area (Å²) >= 11 is 0. The molecule has 1 aromatic carbocycles. The van der Waals surface area contributed by atoms with Crippen LogP contribution in [0.4, 0.5) is 0 Å². The number of benzene rings is 1. The van der Waals surface area contributed by atoms with Crippen LogP contribution in [-0.4, -0.2) is 68.3 Å². The second-order valence-corrected chi connectivity index (χ2v) is 6.12. The average Bonchev–Trinajstić information content (AvgIpc) is 2.54. The number of hydrogen-bond donors (Lipinski definition) is 1. The van der Waals surface area contributed by atoms with E-state index in [0.717, 1.165) is 29.1 Å². The lowest BCUT2D eigenvalue weighted by atomic mass is 10.2. The molecule has 5 heteroatoms. The second kappa shape index (κ2) is 7.81. The maximum Gasteiger partial charge on any atom is 0.161 e. The van der Waals surface area contributed by atoms with Gasteiger partial charge in [0.15, 0.2) is 17.6 Å². The normalized spacial score (nSPS) is 19.0. The molecule has 0 fully saturated rings. The molecule has 1 N–H and O–H groups in total. The molecule has 0 aromatic heterocycles. The van der Waals surface area contributed by atoms with Crippen LogP contribution < -0.4 is 9.47 Å². The SMILES string of the molecule is CC[N+](C)(CC)C[C@@H](O)COC[C@H]1COc2ccccc2O1. The monoisotopic (exact) mass is 310 g/mol. The van der Waals surface area contributed by atoms with E-state index in [4.69, 9.17) is 14.2 Å². The molecule has 0 unspecified atom stereocenters. The molecule has 0 bridgehead atoms. The summed E-state index contributed by atoms with van der Waals surface area (Å²) in [5, 5.41) is 10.1. The third-order valence-electron chi connectivity index (χ3n) is 4.36. The summed E-state index contributed by atoms with van der Waals surface area (Å²) in [6.07, 6.45) is -0.581. The van der Waals surface area contributed by atoms with E-state index >= 15 is 0 Å². The third kappa shape index (κ3) is 4.60. The molecule has 0 aliphatic carbocycles. The van der Waals surface area contributed by atoms with E-state index in [1.807, 2.05) is 24.3 Å². The third-order valence-corrected chi connectivity index (χ3v) is 4.36. The highest BCUT2D eigenvalue weighted by Gasteiger charge is 2.24. The van der Waals surface area contributed by atoms with E-state index in [-0.39, 0.29) is 6.10 Å². The molecule has 0 radical (unpaired) electrons. The quantitative estimate of drug-likeness (QED) is 0.742. The summed E-state index contributed by atoms with van der Waals surface area (Å²) in [6, 6.07) is 7.63. The number of aliphatic hydroxyl groups excluding tert-OH is 1. The minimum Gasteiger partial charge on any atom is -0.486 e. The fraction of sp³-hybridized carbons (Fsp3) is 0.647. The lowest BCUT2D eigenvalue weighted by molar-refractivity contribution is -0.909. The van der Waals surface area contributed by atoms with E-state index in [1.165, 1.54) is 0 Å². The molecule has 2 atom stereocenters. The van der Waals surface area contributed by atoms with E-state index in [2.05, 4.69) is 20.9 Å². The molecule has 0 spiro atoms. The van der Waals surface area contributed by atoms with Gasteiger partial charge >= 0.3 is 0 Å². The summed E-state index contributed by atoms with van der Waals surface area (Å²) in [4.78, 5) is 0. The molecule has 0 saturated heterocycles. The van der Waals surface area contributed by atoms with Crippen molar-refractivity contribution in [1.82, 2.24) is 0 Å². The zero-order valence-electron chi connectivity index (χ0n) is 13.8. The van der Waals surface area contributed by atoms with Crippen molar-refractivity contribution < 1.29 is 23.8 Å². The maximum absolute atomic E-state index is 10.1. The molecule has 1 aromatic rings. The van der Waals surface area contributed by atoms with Gasteiger partial charge in [0.25, 0.3) is 0 Å². The summed E-state index contributed by atoms with van der Waals surface area (Å²) in [5.74, 6) is 1.53. The highest BCUT2D eigenvalue weighted by Crippen LogP contribution is 2.30. The van der Waals surface area contributed by atoms with Gasteiger partial charge in [-0.05, 0) is 26.0 Å². The first-order valence-corrected chi connectivity index (χ1v) is 8.04. The molecule has 2 rings (SSSR count). The number of nitrogens with zero attached hydrogens (tertiary/aromatic N) is 1. The molecule has 1 aliphatic heterocycles. The predicted molar refractivity (Wildman–Crippen MR) is 85.3 cm³/mol. The fourth-order valence-corrected chi connectivity index (χ4v) is 2.52. The van der Waals surface area contributed by atoms with Crippen LogP contribution >= 0.6 is 0 Å². The van der Waals surface area contributed by atoms with Crippen molar-refractivity contribution in [3.05, 3.63) is 24.3 Å². The Morgan fingerprint density at radius 2 is 1.95 bits per heavy atom. The molecular formula is C17H28NO4+. The Kier molecular flexibility index (Phi) is 6.06. The van der Waals surface area contributed by atoms with Crippen molar-refractivity contribution >= 4 is 0 Å². The molecule has 0 amide bonds. The second-order valence-electron chi connectivity index (χ2n) is 6.12. The topological polar surface area (TPSA) is 47.9 Å². The van der Waals surface area contributed by atoms with Gasteiger partial charge in [-0.1, -0.05) is 12.1 Å². The standard InChI is InChI=1S/C17H28NO4/c1-4-18(3,5-2)10-14(19)11-20-12-15-13-21-16-8-6-7-9-17(16)22-15/h6-9,14-15,19H,4-5,10-13H2,1-3H3/q+1/t14-,15+/m1/s1. The summed E-state index contributed by atoms with van der Waals surface area (Å²) in [5.41, 5.74) is 0. The van der Waals surface area contributed by atoms with Gasteiger partial charge in [-0.15, -0.1) is 0 Å². The minimum absolute atomic E-state index is 0.125. The van der Waals surface area contributed by atoms with Crippen LogP contribution in [-0.2, 0) is 4.74 Å². The van der Waals surface area contributed by atoms with Gasteiger partial charge in [0.1, 0.15) is 19.3 Å². The van der Waals surface area contributed by atoms with Crippen LogP contribution in [0.15, 0.2) is 24.3 Å². The Balaban J connectivity index is 1.71. The van der Waals surface area contributed by atoms with E-state index in [1.54, 1.807) is 0 Å². The van der Waals surface area contributed by atoms with Gasteiger partial charge in [-0.2, -0.15) is 0 Å². The largest absolute Gasteiger partial charge is 0.486 e. The number of fused-ring (bicyclic) bond motifs is 1. The van der Waals surface area contributed by atoms with Crippen molar-refractivity contribution in [2.24, 2.45) is 0 Å². The zero-order valence-corrected chi connectivity index (χ0v) is 13.8. The summed E-state index contributed by atoms with van der Waals surface area (Å²) in [7, 11) is 2.15. The lowest BCUT2D eigenvalue weighted by Crippen LogP contribution is -2.49. The van der Waals surface area contributed by atoms with Crippen LogP contribution in [0.2, 0.25) is 0 Å². The lowest BCUT2D eigenvalue weighted by Gasteiger charge is -2.34. The molecule has 1 aliphatic rings. The van der Waals surface area contributed by atoms with Crippen molar-refractivity contribution in [2.45, 2.75) is 26.1 Å². The number of hydrogen-bond acceptors (Lipinski definition) is 4. The van der Waals surface area contributed by atoms with E-state index in [9.17, 15) is 5.11 Å². The first-order chi connectivity index (χ1) is 10.6. The molecule has 1 heterocycles. The first kappa shape index (κ1) is 17.1. The molecular weight excluding hydrogens is 282 g/mol. The Bertz CT molecular complexity index is 462. The predicted octanol–water partition coefficient (Wildman–Crippen LogP) is 1.69. The summed E-state index contributed by atoms with van der Waals surface area (Å²) in [6.45, 7) is 8.22. The number of quaternary nitrogens is 1. The van der Waals surface area contributed by atoms with Crippen molar-refractivity contribution in [1.29, 1.82) is 0 Å². The number of rotatable bonds is 8. The summed E-state index contributed by atoms with van der Waals surface area (Å²) < 4.78 is 17.9. The van der Waals surface area contributed by atoms with Crippen LogP contribution in [0, 0.1) is 0 Å². The zero-order chi connectivity index (χ0) is 16.0. The van der Waals surface area contributed by atoms with Crippen molar-refractivity contribution in [2.75, 3.05) is 46.5 Å². The number of para-hydroxylation sites is 2. The van der Waals surface area contributed by atoms with Crippen molar-refractivity contribution in [3.63, 3.8) is 0 Å². The van der Waals surface area contributed by atoms with Crippen molar-refractivity contribution in [3.8, 4) is 11.5 Å². The Labute approximate surface area is 133 Å². The van der Waals surface area contributed by atoms with Gasteiger partial charge in [0.2, 0.25) is 0 Å². The van der Waals surface area contributed by atoms with Gasteiger partial charge in [-0.3, -0.25) is 0 Å². The minimum atomic E-state index is -0.457. The van der Waals surface area contributed by atoms with Gasteiger partial charge in [-0.25, -0.2) is 0 Å². The smallest absolute Gasteiger partial charge is 0.161 e. The molecule has 22 heavy (non-hydrogen) atoms. The van der Waals surface area contributed by atoms with E-state index < -0.39 is 6.10 Å². The van der Waals surface area contributed by atoms with Gasteiger partial charge in [0.05, 0.1) is 33.4 Å². The number of ether oxygens (including phenoxy) is 3. The molecule has 124 valence electrons. The average molecular weight is 310 g/mol. The highest BCUT2D eigenvalue weighted by molar-refractivity contribution is 5.40. The Morgan fingerprint density at radius 3 is 2.64 bits per heavy atom. The van der Waals surface area contributed by atoms with Crippen LogP contribution in [0.25, 0.3) is 0 Å². The van der Waals surface area contributed by atoms with Gasteiger partial charge in [0, 0.05) is 0 Å². The Hall–Kier alpha value is -1.30. The van der Waals surface area contributed by atoms with Gasteiger partial charge < -0.3 is 23.8 Å². The highest BCUT2D eigenvalue weighted by atomic mass is 16.6. The maximum atomic E-state index is 10.1. The van der Waals surface area contributed by atoms with Crippen LogP contribution in [0.5, 0.6) is 11.5 Å². The molecule has 0 saturated carbocycles. The van der Waals surface area contributed by atoms with E-state index in [0.29, 0.717) is 26.4 Å². The Morgan fingerprint density at radius 1 is 1.27 bits per heavy atom.